The molecular formula is C41H38N4O2. The molecule has 1 aliphatic carbocycles. The van der Waals surface area contributed by atoms with Gasteiger partial charge in [-0.2, -0.15) is 0 Å². The Labute approximate surface area is 275 Å². The zero-order chi connectivity index (χ0) is 32.8. The topological polar surface area (TPSA) is 113 Å². The normalized spacial score (nSPS) is 14.7. The van der Waals surface area contributed by atoms with Crippen molar-refractivity contribution in [1.82, 2.24) is 4.98 Å². The Kier molecular flexibility index (Phi) is 8.93. The van der Waals surface area contributed by atoms with Crippen LogP contribution in [-0.4, -0.2) is 11.6 Å². The van der Waals surface area contributed by atoms with Gasteiger partial charge in [0.05, 0.1) is 17.9 Å². The van der Waals surface area contributed by atoms with Crippen molar-refractivity contribution in [2.75, 3.05) is 6.61 Å². The van der Waals surface area contributed by atoms with Gasteiger partial charge in [-0.1, -0.05) is 91.0 Å². The molecule has 0 amide bonds. The van der Waals surface area contributed by atoms with Crippen molar-refractivity contribution in [2.45, 2.75) is 19.3 Å². The molecule has 0 fully saturated rings. The van der Waals surface area contributed by atoms with Gasteiger partial charge in [0.2, 0.25) is 5.89 Å². The fourth-order valence-electron chi connectivity index (χ4n) is 6.56. The zero-order valence-electron chi connectivity index (χ0n) is 26.6. The van der Waals surface area contributed by atoms with Gasteiger partial charge in [-0.25, -0.2) is 4.98 Å². The van der Waals surface area contributed by atoms with E-state index in [1.807, 2.05) is 19.9 Å². The van der Waals surface area contributed by atoms with Gasteiger partial charge in [0.25, 0.3) is 0 Å². The van der Waals surface area contributed by atoms with Crippen LogP contribution in [0.1, 0.15) is 53.1 Å². The summed E-state index contributed by atoms with van der Waals surface area (Å²) < 4.78 is 11.1. The minimum Gasteiger partial charge on any atom is -0.495 e. The maximum Gasteiger partial charge on any atom is 0.221 e. The summed E-state index contributed by atoms with van der Waals surface area (Å²) in [6.07, 6.45) is 13.4. The van der Waals surface area contributed by atoms with Gasteiger partial charge in [-0.15, -0.1) is 0 Å². The van der Waals surface area contributed by atoms with Crippen molar-refractivity contribution < 1.29 is 9.15 Å². The van der Waals surface area contributed by atoms with Crippen LogP contribution in [0.3, 0.4) is 0 Å². The Morgan fingerprint density at radius 3 is 1.79 bits per heavy atom. The standard InChI is InChI=1S/C41H38N4O2/c1-28(27-46-19-17-42)21-32(25-43)30-13-15-36-37-16-14-31(33(26-44)22-29(2)40-45-18-20-47-40)24-39(37)41(38(36)23-30,34-9-5-3-6-10-34)35-11-7-4-8-12-35/h3-26H,27,42-44H2,1-2H3/b19-17-,28-21+,29-22+,32-25+,33-26+. The van der Waals surface area contributed by atoms with Crippen LogP contribution < -0.4 is 17.2 Å². The van der Waals surface area contributed by atoms with Crippen LogP contribution in [0.5, 0.6) is 0 Å². The zero-order valence-corrected chi connectivity index (χ0v) is 26.6. The molecule has 6 nitrogen and oxygen atoms in total. The Morgan fingerprint density at radius 2 is 1.30 bits per heavy atom. The SMILES string of the molecule is C/C(=C\C(=C/N)c1ccc2c(c1)C(c1ccccc1)(c1ccccc1)c1cc(C(=C/N)/C=C(\C)c3ncco3)ccc1-2)CO/C=C\N. The lowest BCUT2D eigenvalue weighted by atomic mass is 9.67. The monoisotopic (exact) mass is 618 g/mol. The van der Waals surface area contributed by atoms with E-state index >= 15 is 0 Å². The maximum absolute atomic E-state index is 6.27. The van der Waals surface area contributed by atoms with Crippen LogP contribution >= 0.6 is 0 Å². The van der Waals surface area contributed by atoms with Gasteiger partial charge in [0, 0.05) is 24.2 Å². The van der Waals surface area contributed by atoms with E-state index in [1.165, 1.54) is 34.7 Å². The predicted molar refractivity (Wildman–Crippen MR) is 191 cm³/mol. The quantitative estimate of drug-likeness (QED) is 0.106. The molecule has 0 bridgehead atoms. The number of nitrogens with zero attached hydrogens (tertiary/aromatic N) is 1. The Balaban J connectivity index is 1.58. The first-order valence-corrected chi connectivity index (χ1v) is 15.5. The molecular weight excluding hydrogens is 580 g/mol. The number of hydrogen-bond donors (Lipinski definition) is 3. The first-order chi connectivity index (χ1) is 23.0. The molecule has 1 aliphatic rings. The highest BCUT2D eigenvalue weighted by molar-refractivity contribution is 5.91. The van der Waals surface area contributed by atoms with E-state index < -0.39 is 5.41 Å². The third-order valence-electron chi connectivity index (χ3n) is 8.61. The summed E-state index contributed by atoms with van der Waals surface area (Å²) in [6, 6.07) is 34.6. The lowest BCUT2D eigenvalue weighted by molar-refractivity contribution is 0.280. The molecule has 6 rings (SSSR count). The molecule has 6 heteroatoms. The number of aromatic nitrogens is 1. The second-order valence-electron chi connectivity index (χ2n) is 11.5. The molecule has 0 saturated heterocycles. The minimum atomic E-state index is -0.617. The van der Waals surface area contributed by atoms with Gasteiger partial charge >= 0.3 is 0 Å². The molecule has 234 valence electrons. The second kappa shape index (κ2) is 13.5. The smallest absolute Gasteiger partial charge is 0.221 e. The first-order valence-electron chi connectivity index (χ1n) is 15.5. The average Bonchev–Trinajstić information content (AvgIpc) is 3.76. The van der Waals surface area contributed by atoms with Crippen LogP contribution in [0.25, 0.3) is 27.8 Å². The highest BCUT2D eigenvalue weighted by Gasteiger charge is 2.46. The number of oxazole rings is 1. The Hall–Kier alpha value is -6.01. The lowest BCUT2D eigenvalue weighted by Crippen LogP contribution is -2.28. The third kappa shape index (κ3) is 5.77. The molecule has 47 heavy (non-hydrogen) atoms. The van der Waals surface area contributed by atoms with Crippen LogP contribution in [0, 0.1) is 0 Å². The van der Waals surface area contributed by atoms with Crippen molar-refractivity contribution in [3.05, 3.63) is 191 Å². The van der Waals surface area contributed by atoms with Gasteiger partial charge < -0.3 is 26.4 Å². The number of hydrogen-bond acceptors (Lipinski definition) is 6. The molecule has 0 saturated carbocycles. The molecule has 0 atom stereocenters. The number of fused-ring (bicyclic) bond motifs is 3. The van der Waals surface area contributed by atoms with E-state index in [0.29, 0.717) is 12.5 Å². The van der Waals surface area contributed by atoms with E-state index in [-0.39, 0.29) is 0 Å². The van der Waals surface area contributed by atoms with Crippen molar-refractivity contribution in [3.63, 3.8) is 0 Å². The Bertz CT molecular complexity index is 1980. The lowest BCUT2D eigenvalue weighted by Gasteiger charge is -2.34. The molecule has 0 radical (unpaired) electrons. The van der Waals surface area contributed by atoms with E-state index in [1.54, 1.807) is 24.9 Å². The molecule has 0 aliphatic heterocycles. The summed E-state index contributed by atoms with van der Waals surface area (Å²) in [5, 5.41) is 0. The van der Waals surface area contributed by atoms with E-state index in [4.69, 9.17) is 26.4 Å². The number of rotatable bonds is 10. The van der Waals surface area contributed by atoms with Crippen LogP contribution in [0.4, 0.5) is 0 Å². The highest BCUT2D eigenvalue weighted by atomic mass is 16.5. The second-order valence-corrected chi connectivity index (χ2v) is 11.5. The summed E-state index contributed by atoms with van der Waals surface area (Å²) in [5.74, 6) is 0.559. The summed E-state index contributed by atoms with van der Waals surface area (Å²) in [7, 11) is 0. The van der Waals surface area contributed by atoms with E-state index in [9.17, 15) is 0 Å². The molecule has 0 unspecified atom stereocenters. The van der Waals surface area contributed by atoms with Gasteiger partial charge in [-0.3, -0.25) is 0 Å². The molecule has 1 heterocycles. The van der Waals surface area contributed by atoms with E-state index in [0.717, 1.165) is 44.5 Å². The molecule has 6 N–H and O–H groups in total. The molecule has 0 spiro atoms. The van der Waals surface area contributed by atoms with Gasteiger partial charge in [0.15, 0.2) is 0 Å². The molecule has 5 aromatic rings. The average molecular weight is 619 g/mol. The highest BCUT2D eigenvalue weighted by Crippen LogP contribution is 2.57. The third-order valence-corrected chi connectivity index (χ3v) is 8.61. The fourth-order valence-corrected chi connectivity index (χ4v) is 6.56. The summed E-state index contributed by atoms with van der Waals surface area (Å²) in [5.41, 5.74) is 30.0. The summed E-state index contributed by atoms with van der Waals surface area (Å²) in [4.78, 5) is 4.31. The van der Waals surface area contributed by atoms with Crippen molar-refractivity contribution >= 4 is 16.7 Å². The van der Waals surface area contributed by atoms with Crippen molar-refractivity contribution in [3.8, 4) is 11.1 Å². The summed E-state index contributed by atoms with van der Waals surface area (Å²) in [6.45, 7) is 4.39. The maximum atomic E-state index is 6.27. The van der Waals surface area contributed by atoms with Gasteiger partial charge in [0.1, 0.15) is 12.9 Å². The van der Waals surface area contributed by atoms with Crippen LogP contribution in [0.15, 0.2) is 157 Å². The number of nitrogens with two attached hydrogens (primary N) is 3. The number of benzene rings is 4. The fraction of sp³-hybridized carbons (Fsp3) is 0.0976. The minimum absolute atomic E-state index is 0.406. The Morgan fingerprint density at radius 1 is 0.745 bits per heavy atom. The summed E-state index contributed by atoms with van der Waals surface area (Å²) >= 11 is 0. The van der Waals surface area contributed by atoms with E-state index in [2.05, 4.69) is 108 Å². The van der Waals surface area contributed by atoms with Crippen molar-refractivity contribution in [1.29, 1.82) is 0 Å². The van der Waals surface area contributed by atoms with Crippen molar-refractivity contribution in [2.24, 2.45) is 17.2 Å². The number of ether oxygens (including phenoxy) is 1. The van der Waals surface area contributed by atoms with Crippen LogP contribution in [-0.2, 0) is 10.2 Å². The largest absolute Gasteiger partial charge is 0.495 e. The van der Waals surface area contributed by atoms with Crippen LogP contribution in [0.2, 0.25) is 0 Å². The molecule has 1 aromatic heterocycles. The number of allylic oxidation sites excluding steroid dienone is 5. The first kappa shape index (κ1) is 31.0. The molecule has 4 aromatic carbocycles. The predicted octanol–water partition coefficient (Wildman–Crippen LogP) is 8.13. The van der Waals surface area contributed by atoms with Gasteiger partial charge in [-0.05, 0) is 93.3 Å².